The molecule has 0 aromatic rings. The van der Waals surface area contributed by atoms with Crippen LogP contribution >= 0.6 is 0 Å². The van der Waals surface area contributed by atoms with E-state index in [9.17, 15) is 5.11 Å². The van der Waals surface area contributed by atoms with Crippen LogP contribution in [0.2, 0.25) is 0 Å². The molecule has 2 atom stereocenters. The smallest absolute Gasteiger partial charge is 0.0613 e. The van der Waals surface area contributed by atoms with Gasteiger partial charge < -0.3 is 10.4 Å². The van der Waals surface area contributed by atoms with E-state index in [4.69, 9.17) is 0 Å². The van der Waals surface area contributed by atoms with E-state index in [-0.39, 0.29) is 5.54 Å². The lowest BCUT2D eigenvalue weighted by atomic mass is 9.98. The zero-order chi connectivity index (χ0) is 13.9. The third kappa shape index (κ3) is 3.93. The third-order valence-corrected chi connectivity index (χ3v) is 4.70. The van der Waals surface area contributed by atoms with E-state index < -0.39 is 0 Å². The van der Waals surface area contributed by atoms with Gasteiger partial charge in [-0.3, -0.25) is 4.90 Å². The minimum Gasteiger partial charge on any atom is -0.394 e. The van der Waals surface area contributed by atoms with Gasteiger partial charge in [0.2, 0.25) is 0 Å². The van der Waals surface area contributed by atoms with Crippen molar-refractivity contribution in [3.05, 3.63) is 0 Å². The number of aliphatic hydroxyl groups excluding tert-OH is 1. The Bertz CT molecular complexity index is 278. The summed E-state index contributed by atoms with van der Waals surface area (Å²) in [5.74, 6) is 0.744. The average molecular weight is 268 g/mol. The minimum atomic E-state index is 0.00476. The Morgan fingerprint density at radius 3 is 2.53 bits per heavy atom. The topological polar surface area (TPSA) is 35.5 Å². The summed E-state index contributed by atoms with van der Waals surface area (Å²) in [5.41, 5.74) is 0.00476. The molecule has 3 heteroatoms. The molecule has 3 nitrogen and oxygen atoms in total. The van der Waals surface area contributed by atoms with E-state index in [0.29, 0.717) is 12.6 Å². The summed E-state index contributed by atoms with van der Waals surface area (Å²) in [5, 5.41) is 13.4. The average Bonchev–Trinajstić information content (AvgIpc) is 3.14. The predicted molar refractivity (Wildman–Crippen MR) is 80.3 cm³/mol. The van der Waals surface area contributed by atoms with Gasteiger partial charge in [0.1, 0.15) is 0 Å². The summed E-state index contributed by atoms with van der Waals surface area (Å²) in [6.45, 7) is 9.38. The molecular formula is C16H32N2O. The maximum atomic E-state index is 9.80. The van der Waals surface area contributed by atoms with Gasteiger partial charge in [0.05, 0.1) is 6.61 Å². The molecule has 112 valence electrons. The molecule has 0 saturated heterocycles. The van der Waals surface area contributed by atoms with Gasteiger partial charge in [-0.1, -0.05) is 20.8 Å². The van der Waals surface area contributed by atoms with Crippen molar-refractivity contribution in [1.82, 2.24) is 10.2 Å². The second-order valence-corrected chi connectivity index (χ2v) is 7.08. The van der Waals surface area contributed by atoms with Crippen molar-refractivity contribution >= 4 is 0 Å². The Labute approximate surface area is 118 Å². The van der Waals surface area contributed by atoms with Crippen LogP contribution in [0.1, 0.15) is 59.3 Å². The summed E-state index contributed by atoms with van der Waals surface area (Å²) in [6.07, 6.45) is 7.43. The van der Waals surface area contributed by atoms with Gasteiger partial charge in [-0.15, -0.1) is 0 Å². The molecular weight excluding hydrogens is 236 g/mol. The van der Waals surface area contributed by atoms with Crippen LogP contribution in [0.25, 0.3) is 0 Å². The van der Waals surface area contributed by atoms with E-state index >= 15 is 0 Å². The molecule has 2 aliphatic carbocycles. The lowest BCUT2D eigenvalue weighted by Crippen LogP contribution is -2.48. The summed E-state index contributed by atoms with van der Waals surface area (Å²) < 4.78 is 0. The number of hydrogen-bond donors (Lipinski definition) is 2. The normalized spacial score (nSPS) is 31.6. The molecule has 0 aromatic heterocycles. The molecule has 0 spiro atoms. The third-order valence-electron chi connectivity index (χ3n) is 4.70. The van der Waals surface area contributed by atoms with Gasteiger partial charge in [-0.2, -0.15) is 0 Å². The van der Waals surface area contributed by atoms with E-state index in [1.165, 1.54) is 25.8 Å². The van der Waals surface area contributed by atoms with Crippen LogP contribution < -0.4 is 5.32 Å². The largest absolute Gasteiger partial charge is 0.394 e. The van der Waals surface area contributed by atoms with Gasteiger partial charge in [-0.25, -0.2) is 0 Å². The second-order valence-electron chi connectivity index (χ2n) is 7.08. The molecule has 2 saturated carbocycles. The van der Waals surface area contributed by atoms with Gasteiger partial charge in [-0.05, 0) is 51.0 Å². The first-order valence-corrected chi connectivity index (χ1v) is 8.22. The monoisotopic (exact) mass is 268 g/mol. The lowest BCUT2D eigenvalue weighted by molar-refractivity contribution is 0.131. The Morgan fingerprint density at radius 2 is 2.00 bits per heavy atom. The van der Waals surface area contributed by atoms with E-state index in [1.54, 1.807) is 0 Å². The van der Waals surface area contributed by atoms with E-state index in [0.717, 1.165) is 37.8 Å². The first kappa shape index (κ1) is 15.3. The van der Waals surface area contributed by atoms with Crippen LogP contribution in [-0.2, 0) is 0 Å². The maximum absolute atomic E-state index is 9.80. The molecule has 0 radical (unpaired) electrons. The van der Waals surface area contributed by atoms with Crippen molar-refractivity contribution in [2.75, 3.05) is 19.7 Å². The molecule has 2 rings (SSSR count). The SMILES string of the molecule is CCCNC1(CO)CCC(N(CC(C)C)C2CC2)C1. The fraction of sp³-hybridized carbons (Fsp3) is 1.00. The second kappa shape index (κ2) is 6.55. The number of nitrogens with zero attached hydrogens (tertiary/aromatic N) is 1. The summed E-state index contributed by atoms with van der Waals surface area (Å²) in [7, 11) is 0. The number of rotatable bonds is 8. The predicted octanol–water partition coefficient (Wildman–Crippen LogP) is 2.39. The Balaban J connectivity index is 1.94. The highest BCUT2D eigenvalue weighted by Gasteiger charge is 2.43. The van der Waals surface area contributed by atoms with Crippen molar-refractivity contribution in [1.29, 1.82) is 0 Å². The van der Waals surface area contributed by atoms with Crippen molar-refractivity contribution in [3.8, 4) is 0 Å². The van der Waals surface area contributed by atoms with E-state index in [1.807, 2.05) is 0 Å². The van der Waals surface area contributed by atoms with Crippen LogP contribution in [0.3, 0.4) is 0 Å². The van der Waals surface area contributed by atoms with Crippen LogP contribution in [0, 0.1) is 5.92 Å². The minimum absolute atomic E-state index is 0.00476. The molecule has 19 heavy (non-hydrogen) atoms. The zero-order valence-electron chi connectivity index (χ0n) is 13.0. The Hall–Kier alpha value is -0.120. The summed E-state index contributed by atoms with van der Waals surface area (Å²) in [4.78, 5) is 2.75. The van der Waals surface area contributed by atoms with Crippen LogP contribution in [0.5, 0.6) is 0 Å². The van der Waals surface area contributed by atoms with Gasteiger partial charge in [0.25, 0.3) is 0 Å². The molecule has 2 unspecified atom stereocenters. The quantitative estimate of drug-likeness (QED) is 0.709. The highest BCUT2D eigenvalue weighted by molar-refractivity contribution is 5.02. The van der Waals surface area contributed by atoms with Crippen molar-refractivity contribution in [3.63, 3.8) is 0 Å². The Kier molecular flexibility index (Phi) is 5.27. The Morgan fingerprint density at radius 1 is 1.26 bits per heavy atom. The standard InChI is InChI=1S/C16H32N2O/c1-4-9-17-16(12-19)8-7-15(10-16)18(11-13(2)3)14-5-6-14/h13-15,17,19H,4-12H2,1-3H3. The molecule has 2 fully saturated rings. The van der Waals surface area contributed by atoms with E-state index in [2.05, 4.69) is 31.0 Å². The number of aliphatic hydroxyl groups is 1. The highest BCUT2D eigenvalue weighted by Crippen LogP contribution is 2.38. The van der Waals surface area contributed by atoms with Gasteiger partial charge in [0.15, 0.2) is 0 Å². The molecule has 0 heterocycles. The summed E-state index contributed by atoms with van der Waals surface area (Å²) >= 11 is 0. The summed E-state index contributed by atoms with van der Waals surface area (Å²) in [6, 6.07) is 1.53. The van der Waals surface area contributed by atoms with Crippen molar-refractivity contribution < 1.29 is 5.11 Å². The molecule has 0 bridgehead atoms. The molecule has 2 N–H and O–H groups in total. The highest BCUT2D eigenvalue weighted by atomic mass is 16.3. The molecule has 0 aliphatic heterocycles. The van der Waals surface area contributed by atoms with Crippen LogP contribution in [-0.4, -0.2) is 47.3 Å². The van der Waals surface area contributed by atoms with Crippen molar-refractivity contribution in [2.24, 2.45) is 5.92 Å². The fourth-order valence-corrected chi connectivity index (χ4v) is 3.56. The van der Waals surface area contributed by atoms with Gasteiger partial charge >= 0.3 is 0 Å². The zero-order valence-corrected chi connectivity index (χ0v) is 13.0. The first-order chi connectivity index (χ1) is 9.10. The fourth-order valence-electron chi connectivity index (χ4n) is 3.56. The van der Waals surface area contributed by atoms with Crippen LogP contribution in [0.15, 0.2) is 0 Å². The first-order valence-electron chi connectivity index (χ1n) is 8.22. The molecule has 2 aliphatic rings. The maximum Gasteiger partial charge on any atom is 0.0613 e. The number of hydrogen-bond acceptors (Lipinski definition) is 3. The molecule has 0 amide bonds. The lowest BCUT2D eigenvalue weighted by Gasteiger charge is -2.33. The van der Waals surface area contributed by atoms with Crippen LogP contribution in [0.4, 0.5) is 0 Å². The molecule has 0 aromatic carbocycles. The number of nitrogens with one attached hydrogen (secondary N) is 1. The van der Waals surface area contributed by atoms with Crippen molar-refractivity contribution in [2.45, 2.75) is 76.9 Å². The van der Waals surface area contributed by atoms with Gasteiger partial charge in [0, 0.05) is 24.2 Å².